The number of hydrogen-bond donors (Lipinski definition) is 0. The molecule has 5 heteroatoms. The Bertz CT molecular complexity index is 378. The summed E-state index contributed by atoms with van der Waals surface area (Å²) in [6.07, 6.45) is 5.89. The number of amides is 2. The molecular weight excluding hydrogens is 198 g/mol. The average molecular weight is 207 g/mol. The second kappa shape index (κ2) is 3.68. The number of allylic oxidation sites excluding steroid dienone is 3. The van der Waals surface area contributed by atoms with E-state index in [1.54, 1.807) is 6.08 Å². The van der Waals surface area contributed by atoms with E-state index in [-0.39, 0.29) is 12.8 Å². The zero-order chi connectivity index (χ0) is 10.8. The van der Waals surface area contributed by atoms with Gasteiger partial charge in [0.2, 0.25) is 0 Å². The van der Waals surface area contributed by atoms with Crippen molar-refractivity contribution in [1.82, 2.24) is 5.06 Å². The summed E-state index contributed by atoms with van der Waals surface area (Å²) in [6.45, 7) is 0. The number of hydrogen-bond acceptors (Lipinski definition) is 4. The van der Waals surface area contributed by atoms with Gasteiger partial charge in [0.25, 0.3) is 11.8 Å². The van der Waals surface area contributed by atoms with E-state index >= 15 is 0 Å². The molecule has 0 aromatic carbocycles. The lowest BCUT2D eigenvalue weighted by molar-refractivity contribution is -0.193. The summed E-state index contributed by atoms with van der Waals surface area (Å²) >= 11 is 0. The predicted octanol–water partition coefficient (Wildman–Crippen LogP) is 0.480. The van der Waals surface area contributed by atoms with Gasteiger partial charge < -0.3 is 4.84 Å². The lowest BCUT2D eigenvalue weighted by Crippen LogP contribution is -2.31. The molecular formula is C10H9NO4. The Morgan fingerprint density at radius 3 is 2.40 bits per heavy atom. The number of carbonyl (C=O) groups is 3. The lowest BCUT2D eigenvalue weighted by atomic mass is 10.0. The first-order valence-corrected chi connectivity index (χ1v) is 4.61. The molecule has 2 rings (SSSR count). The molecule has 0 aromatic heterocycles. The first-order valence-electron chi connectivity index (χ1n) is 4.61. The highest BCUT2D eigenvalue weighted by atomic mass is 16.7. The van der Waals surface area contributed by atoms with Crippen LogP contribution in [0.5, 0.6) is 0 Å². The van der Waals surface area contributed by atoms with Crippen LogP contribution in [0.3, 0.4) is 0 Å². The van der Waals surface area contributed by atoms with Gasteiger partial charge in [0.1, 0.15) is 0 Å². The molecule has 1 aliphatic carbocycles. The number of nitrogens with zero attached hydrogens (tertiary/aromatic N) is 1. The average Bonchev–Trinajstić information content (AvgIpc) is 2.43. The molecule has 1 fully saturated rings. The van der Waals surface area contributed by atoms with Gasteiger partial charge in [0, 0.05) is 18.9 Å². The molecule has 0 radical (unpaired) electrons. The van der Waals surface area contributed by atoms with Crippen LogP contribution in [0, 0.1) is 0 Å². The van der Waals surface area contributed by atoms with E-state index in [1.807, 2.05) is 6.08 Å². The van der Waals surface area contributed by atoms with Crippen LogP contribution in [0.25, 0.3) is 0 Å². The topological polar surface area (TPSA) is 63.7 Å². The van der Waals surface area contributed by atoms with Crippen LogP contribution in [0.2, 0.25) is 0 Å². The fourth-order valence-electron chi connectivity index (χ4n) is 1.29. The van der Waals surface area contributed by atoms with Crippen molar-refractivity contribution in [1.29, 1.82) is 0 Å². The van der Waals surface area contributed by atoms with Crippen molar-refractivity contribution in [2.45, 2.75) is 19.3 Å². The Kier molecular flexibility index (Phi) is 2.37. The highest BCUT2D eigenvalue weighted by Crippen LogP contribution is 2.16. The monoisotopic (exact) mass is 207 g/mol. The largest absolute Gasteiger partial charge is 0.357 e. The normalized spacial score (nSPS) is 22.1. The minimum Gasteiger partial charge on any atom is -0.326 e. The van der Waals surface area contributed by atoms with Gasteiger partial charge in [-0.15, -0.1) is 5.06 Å². The quantitative estimate of drug-likeness (QED) is 0.488. The standard InChI is InChI=1S/C10H9NO4/c12-8-4-5-9(13)11(8)15-10(14)6-7-2-1-3-7/h1-2,6H,3-5H2/b7-6-. The smallest absolute Gasteiger partial charge is 0.326 e. The molecule has 2 aliphatic rings. The molecule has 0 saturated carbocycles. The molecule has 15 heavy (non-hydrogen) atoms. The first kappa shape index (κ1) is 9.64. The molecule has 0 N–H and O–H groups in total. The van der Waals surface area contributed by atoms with E-state index in [2.05, 4.69) is 4.84 Å². The van der Waals surface area contributed by atoms with Crippen LogP contribution < -0.4 is 0 Å². The molecule has 1 aliphatic heterocycles. The third kappa shape index (κ3) is 1.96. The van der Waals surface area contributed by atoms with Crippen molar-refractivity contribution in [3.8, 4) is 0 Å². The zero-order valence-corrected chi connectivity index (χ0v) is 7.93. The summed E-state index contributed by atoms with van der Waals surface area (Å²) in [5, 5.41) is 0.543. The van der Waals surface area contributed by atoms with E-state index < -0.39 is 17.8 Å². The van der Waals surface area contributed by atoms with Crippen LogP contribution >= 0.6 is 0 Å². The molecule has 0 bridgehead atoms. The maximum atomic E-state index is 11.2. The Hall–Kier alpha value is -1.91. The van der Waals surface area contributed by atoms with Crippen molar-refractivity contribution in [3.05, 3.63) is 23.8 Å². The van der Waals surface area contributed by atoms with Crippen molar-refractivity contribution in [2.75, 3.05) is 0 Å². The Balaban J connectivity index is 1.96. The minimum absolute atomic E-state index is 0.114. The van der Waals surface area contributed by atoms with Gasteiger partial charge in [0.15, 0.2) is 0 Å². The number of rotatable bonds is 2. The Morgan fingerprint density at radius 1 is 1.33 bits per heavy atom. The van der Waals surface area contributed by atoms with Gasteiger partial charge in [0.05, 0.1) is 0 Å². The Labute approximate surface area is 85.9 Å². The number of hydroxylamine groups is 2. The fraction of sp³-hybridized carbons (Fsp3) is 0.300. The summed E-state index contributed by atoms with van der Waals surface area (Å²) in [5.41, 5.74) is 0.832. The fourth-order valence-corrected chi connectivity index (χ4v) is 1.29. The summed E-state index contributed by atoms with van der Waals surface area (Å²) in [5.74, 6) is -1.61. The van der Waals surface area contributed by atoms with Crippen LogP contribution in [-0.4, -0.2) is 22.8 Å². The Morgan fingerprint density at radius 2 is 1.93 bits per heavy atom. The van der Waals surface area contributed by atoms with Crippen molar-refractivity contribution in [2.24, 2.45) is 0 Å². The number of carbonyl (C=O) groups excluding carboxylic acids is 3. The predicted molar refractivity (Wildman–Crippen MR) is 49.0 cm³/mol. The van der Waals surface area contributed by atoms with Crippen molar-refractivity contribution in [3.63, 3.8) is 0 Å². The maximum Gasteiger partial charge on any atom is 0.357 e. The van der Waals surface area contributed by atoms with Gasteiger partial charge in [-0.1, -0.05) is 12.2 Å². The van der Waals surface area contributed by atoms with Gasteiger partial charge >= 0.3 is 5.97 Å². The highest BCUT2D eigenvalue weighted by molar-refractivity contribution is 6.02. The van der Waals surface area contributed by atoms with Gasteiger partial charge in [-0.05, 0) is 12.0 Å². The minimum atomic E-state index is -0.682. The molecule has 2 amide bonds. The molecule has 0 spiro atoms. The van der Waals surface area contributed by atoms with E-state index in [0.717, 1.165) is 12.0 Å². The van der Waals surface area contributed by atoms with E-state index in [1.165, 1.54) is 6.08 Å². The van der Waals surface area contributed by atoms with Gasteiger partial charge in [-0.3, -0.25) is 9.59 Å². The molecule has 0 unspecified atom stereocenters. The summed E-state index contributed by atoms with van der Waals surface area (Å²) in [6, 6.07) is 0. The SMILES string of the molecule is O=C(/C=C1/C=CC1)ON1C(=O)CCC1=O. The second-order valence-electron chi connectivity index (χ2n) is 3.32. The summed E-state index contributed by atoms with van der Waals surface area (Å²) < 4.78 is 0. The third-order valence-electron chi connectivity index (χ3n) is 2.18. The van der Waals surface area contributed by atoms with Crippen LogP contribution in [-0.2, 0) is 19.2 Å². The third-order valence-corrected chi connectivity index (χ3v) is 2.18. The van der Waals surface area contributed by atoms with Crippen molar-refractivity contribution >= 4 is 17.8 Å². The van der Waals surface area contributed by atoms with Crippen molar-refractivity contribution < 1.29 is 19.2 Å². The molecule has 0 atom stereocenters. The second-order valence-corrected chi connectivity index (χ2v) is 3.32. The molecule has 0 aromatic rings. The van der Waals surface area contributed by atoms with E-state index in [0.29, 0.717) is 5.06 Å². The van der Waals surface area contributed by atoms with Crippen LogP contribution in [0.1, 0.15) is 19.3 Å². The van der Waals surface area contributed by atoms with E-state index in [9.17, 15) is 14.4 Å². The van der Waals surface area contributed by atoms with Gasteiger partial charge in [-0.2, -0.15) is 0 Å². The number of imide groups is 1. The molecule has 5 nitrogen and oxygen atoms in total. The summed E-state index contributed by atoms with van der Waals surface area (Å²) in [4.78, 5) is 38.0. The molecule has 78 valence electrons. The highest BCUT2D eigenvalue weighted by Gasteiger charge is 2.32. The van der Waals surface area contributed by atoms with Crippen LogP contribution in [0.4, 0.5) is 0 Å². The van der Waals surface area contributed by atoms with Crippen LogP contribution in [0.15, 0.2) is 23.8 Å². The first-order chi connectivity index (χ1) is 7.16. The van der Waals surface area contributed by atoms with Gasteiger partial charge in [-0.25, -0.2) is 4.79 Å². The molecule has 1 saturated heterocycles. The lowest BCUT2D eigenvalue weighted by Gasteiger charge is -2.12. The zero-order valence-electron chi connectivity index (χ0n) is 7.93. The maximum absolute atomic E-state index is 11.2. The molecule has 1 heterocycles. The van der Waals surface area contributed by atoms with E-state index in [4.69, 9.17) is 0 Å². The summed E-state index contributed by atoms with van der Waals surface area (Å²) in [7, 11) is 0.